The number of primary amides is 1. The molecule has 0 atom stereocenters. The van der Waals surface area contributed by atoms with Gasteiger partial charge in [0.1, 0.15) is 11.2 Å². The Morgan fingerprint density at radius 3 is 2.76 bits per heavy atom. The first-order valence-corrected chi connectivity index (χ1v) is 6.47. The van der Waals surface area contributed by atoms with Crippen molar-refractivity contribution in [1.29, 1.82) is 0 Å². The Balaban J connectivity index is 2.59. The van der Waals surface area contributed by atoms with E-state index in [-0.39, 0.29) is 6.61 Å². The molecule has 0 aliphatic heterocycles. The van der Waals surface area contributed by atoms with E-state index in [1.165, 1.54) is 0 Å². The predicted molar refractivity (Wildman–Crippen MR) is 79.6 cm³/mol. The van der Waals surface area contributed by atoms with Crippen LogP contribution in [0.1, 0.15) is 15.9 Å². The normalized spacial score (nSPS) is 12.2. The summed E-state index contributed by atoms with van der Waals surface area (Å²) < 4.78 is 5.83. The molecule has 0 fully saturated rings. The van der Waals surface area contributed by atoms with Crippen LogP contribution in [0, 0.1) is 0 Å². The van der Waals surface area contributed by atoms with E-state index in [1.54, 1.807) is 43.4 Å². The minimum absolute atomic E-state index is 0.0748. The largest absolute Gasteiger partial charge is 0.456 e. The van der Waals surface area contributed by atoms with Crippen molar-refractivity contribution in [1.82, 2.24) is 0 Å². The molecule has 0 bridgehead atoms. The van der Waals surface area contributed by atoms with Crippen molar-refractivity contribution in [2.75, 3.05) is 7.05 Å². The number of carbonyl (C=O) groups excluding carboxylic acids is 1. The average Bonchev–Trinajstić information content (AvgIpc) is 2.51. The Morgan fingerprint density at radius 1 is 1.29 bits per heavy atom. The summed E-state index contributed by atoms with van der Waals surface area (Å²) in [5.74, 6) is -0.529. The average molecular weight is 282 g/mol. The first kappa shape index (κ1) is 13.3. The maximum absolute atomic E-state index is 11.6. The van der Waals surface area contributed by atoms with E-state index in [9.17, 15) is 9.90 Å². The lowest BCUT2D eigenvalue weighted by Gasteiger charge is -2.07. The molecule has 0 radical (unpaired) electrons. The van der Waals surface area contributed by atoms with Crippen LogP contribution in [0.15, 0.2) is 45.8 Å². The lowest BCUT2D eigenvalue weighted by Crippen LogP contribution is -2.16. The lowest BCUT2D eigenvalue weighted by molar-refractivity contribution is 0.100. The molecule has 0 aliphatic carbocycles. The van der Waals surface area contributed by atoms with Gasteiger partial charge < -0.3 is 15.3 Å². The minimum atomic E-state index is -0.529. The van der Waals surface area contributed by atoms with Gasteiger partial charge in [0.25, 0.3) is 0 Å². The van der Waals surface area contributed by atoms with Gasteiger partial charge in [-0.3, -0.25) is 9.79 Å². The molecule has 5 heteroatoms. The number of nitrogens with zero attached hydrogens (tertiary/aromatic N) is 1. The molecule has 1 amide bonds. The Morgan fingerprint density at radius 2 is 2.10 bits per heavy atom. The molecule has 0 spiro atoms. The molecule has 1 heterocycles. The first-order valence-electron chi connectivity index (χ1n) is 6.47. The van der Waals surface area contributed by atoms with Gasteiger partial charge >= 0.3 is 0 Å². The van der Waals surface area contributed by atoms with E-state index in [0.717, 1.165) is 10.9 Å². The molecule has 3 rings (SSSR count). The molecule has 21 heavy (non-hydrogen) atoms. The molecular weight excluding hydrogens is 268 g/mol. The predicted octanol–water partition coefficient (Wildman–Crippen LogP) is 1.71. The summed E-state index contributed by atoms with van der Waals surface area (Å²) in [6.07, 6.45) is 0. The fraction of sp³-hybridized carbons (Fsp3) is 0.125. The molecule has 5 nitrogen and oxygen atoms in total. The summed E-state index contributed by atoms with van der Waals surface area (Å²) in [6.45, 7) is -0.0748. The first-order chi connectivity index (χ1) is 10.2. The molecule has 2 aromatic carbocycles. The number of carbonyl (C=O) groups is 1. The van der Waals surface area contributed by atoms with E-state index in [4.69, 9.17) is 10.2 Å². The third-order valence-corrected chi connectivity index (χ3v) is 3.45. The van der Waals surface area contributed by atoms with Crippen LogP contribution >= 0.6 is 0 Å². The molecule has 0 aliphatic rings. The van der Waals surface area contributed by atoms with Gasteiger partial charge in [-0.1, -0.05) is 12.1 Å². The van der Waals surface area contributed by atoms with Crippen molar-refractivity contribution in [3.8, 4) is 0 Å². The number of benzene rings is 2. The third kappa shape index (κ3) is 2.08. The van der Waals surface area contributed by atoms with Gasteiger partial charge in [-0.25, -0.2) is 0 Å². The van der Waals surface area contributed by atoms with Gasteiger partial charge in [0, 0.05) is 12.4 Å². The number of hydrogen-bond donors (Lipinski definition) is 2. The molecule has 3 N–H and O–H groups in total. The molecule has 0 unspecified atom stereocenters. The summed E-state index contributed by atoms with van der Waals surface area (Å²) in [5.41, 5.74) is 7.75. The summed E-state index contributed by atoms with van der Waals surface area (Å²) in [6, 6.07) is 10.5. The van der Waals surface area contributed by atoms with Gasteiger partial charge in [0.2, 0.25) is 5.91 Å². The minimum Gasteiger partial charge on any atom is -0.456 e. The van der Waals surface area contributed by atoms with Crippen molar-refractivity contribution in [3.63, 3.8) is 0 Å². The number of hydrogen-bond acceptors (Lipinski definition) is 4. The van der Waals surface area contributed by atoms with Crippen LogP contribution < -0.4 is 11.1 Å². The number of aliphatic hydroxyl groups excluding tert-OH is 1. The zero-order valence-corrected chi connectivity index (χ0v) is 11.5. The van der Waals surface area contributed by atoms with Crippen LogP contribution in [0.25, 0.3) is 21.9 Å². The van der Waals surface area contributed by atoms with Gasteiger partial charge in [-0.05, 0) is 29.8 Å². The smallest absolute Gasteiger partial charge is 0.249 e. The molecule has 3 aromatic rings. The Bertz CT molecular complexity index is 926. The second kappa shape index (κ2) is 5.03. The van der Waals surface area contributed by atoms with Gasteiger partial charge in [0.15, 0.2) is 0 Å². The highest BCUT2D eigenvalue weighted by Crippen LogP contribution is 2.22. The highest BCUT2D eigenvalue weighted by atomic mass is 16.3. The van der Waals surface area contributed by atoms with Crippen molar-refractivity contribution in [3.05, 3.63) is 52.9 Å². The summed E-state index contributed by atoms with van der Waals surface area (Å²) in [4.78, 5) is 15.9. The number of fused-ring (bicyclic) bond motifs is 2. The van der Waals surface area contributed by atoms with E-state index < -0.39 is 5.91 Å². The number of nitrogens with two attached hydrogens (primary N) is 1. The monoisotopic (exact) mass is 282 g/mol. The zero-order valence-electron chi connectivity index (χ0n) is 11.5. The van der Waals surface area contributed by atoms with Gasteiger partial charge in [0.05, 0.1) is 22.9 Å². The molecule has 0 saturated heterocycles. The Kier molecular flexibility index (Phi) is 3.19. The van der Waals surface area contributed by atoms with E-state index in [0.29, 0.717) is 27.5 Å². The lowest BCUT2D eigenvalue weighted by atomic mass is 10.0. The second-order valence-corrected chi connectivity index (χ2v) is 4.71. The van der Waals surface area contributed by atoms with Crippen LogP contribution in [0.3, 0.4) is 0 Å². The highest BCUT2D eigenvalue weighted by molar-refractivity contribution is 6.06. The van der Waals surface area contributed by atoms with Crippen molar-refractivity contribution in [2.45, 2.75) is 6.61 Å². The van der Waals surface area contributed by atoms with Crippen molar-refractivity contribution in [2.24, 2.45) is 10.7 Å². The number of rotatable bonds is 2. The van der Waals surface area contributed by atoms with E-state index in [1.807, 2.05) is 0 Å². The maximum Gasteiger partial charge on any atom is 0.249 e. The number of aliphatic hydroxyl groups is 1. The topological polar surface area (TPSA) is 88.8 Å². The van der Waals surface area contributed by atoms with Crippen LogP contribution in [0.5, 0.6) is 0 Å². The van der Waals surface area contributed by atoms with Gasteiger partial charge in [-0.2, -0.15) is 0 Å². The summed E-state index contributed by atoms with van der Waals surface area (Å²) in [5, 5.41) is 11.3. The van der Waals surface area contributed by atoms with E-state index in [2.05, 4.69) is 4.99 Å². The Hall–Kier alpha value is -2.66. The third-order valence-electron chi connectivity index (χ3n) is 3.45. The van der Waals surface area contributed by atoms with Crippen LogP contribution in [-0.2, 0) is 6.61 Å². The fourth-order valence-corrected chi connectivity index (χ4v) is 2.50. The summed E-state index contributed by atoms with van der Waals surface area (Å²) in [7, 11) is 1.65. The van der Waals surface area contributed by atoms with Crippen molar-refractivity contribution >= 4 is 27.8 Å². The maximum atomic E-state index is 11.6. The number of amides is 1. The van der Waals surface area contributed by atoms with Crippen molar-refractivity contribution < 1.29 is 14.3 Å². The van der Waals surface area contributed by atoms with Gasteiger partial charge in [-0.15, -0.1) is 0 Å². The zero-order chi connectivity index (χ0) is 15.0. The molecular formula is C16H14N2O3. The SMILES string of the molecule is CN=c1c2cc(CO)ccc2oc2cccc(C(N)=O)c12. The quantitative estimate of drug-likeness (QED) is 0.701. The standard InChI is InChI=1S/C16H14N2O3/c1-18-15-11-7-9(8-19)5-6-12(11)21-13-4-2-3-10(14(13)15)16(17)20/h2-7,19H,8H2,1H3,(H2,17,20). The Labute approximate surface area is 120 Å². The second-order valence-electron chi connectivity index (χ2n) is 4.71. The highest BCUT2D eigenvalue weighted by Gasteiger charge is 2.13. The molecule has 106 valence electrons. The fourth-order valence-electron chi connectivity index (χ4n) is 2.50. The van der Waals surface area contributed by atoms with Crippen LogP contribution in [-0.4, -0.2) is 18.1 Å². The molecule has 0 saturated carbocycles. The summed E-state index contributed by atoms with van der Waals surface area (Å²) >= 11 is 0. The van der Waals surface area contributed by atoms with Crippen LogP contribution in [0.2, 0.25) is 0 Å². The molecule has 1 aromatic heterocycles. The van der Waals surface area contributed by atoms with E-state index >= 15 is 0 Å². The van der Waals surface area contributed by atoms with Crippen LogP contribution in [0.4, 0.5) is 0 Å².